The van der Waals surface area contributed by atoms with Crippen LogP contribution in [-0.2, 0) is 18.4 Å². The van der Waals surface area contributed by atoms with Crippen molar-refractivity contribution in [1.82, 2.24) is 5.32 Å². The number of aliphatic hydroxyl groups is 1. The molecule has 0 saturated carbocycles. The highest BCUT2D eigenvalue weighted by Gasteiger charge is 2.24. The van der Waals surface area contributed by atoms with Gasteiger partial charge in [-0.15, -0.1) is 0 Å². The molecule has 1 amide bonds. The Kier molecular flexibility index (Phi) is 34.7. The van der Waals surface area contributed by atoms with Crippen LogP contribution in [0.25, 0.3) is 0 Å². The third-order valence-corrected chi connectivity index (χ3v) is 9.94. The van der Waals surface area contributed by atoms with E-state index in [0.29, 0.717) is 23.9 Å². The van der Waals surface area contributed by atoms with Crippen LogP contribution in [0.5, 0.6) is 0 Å². The Labute approximate surface area is 326 Å². The van der Waals surface area contributed by atoms with Crippen LogP contribution in [0.4, 0.5) is 0 Å². The number of phosphoric ester groups is 1. The molecule has 308 valence electrons. The number of rotatable bonds is 37. The molecule has 0 aromatic heterocycles. The maximum atomic E-state index is 12.8. The van der Waals surface area contributed by atoms with Gasteiger partial charge in [0, 0.05) is 6.42 Å². The Bertz CT molecular complexity index is 1050. The average molecular weight is 765 g/mol. The number of likely N-dealkylation sites (N-methyl/N-ethyl adjacent to an activating group) is 1. The fraction of sp³-hybridized carbons (Fsp3) is 0.750. The lowest BCUT2D eigenvalue weighted by Gasteiger charge is -2.30. The molecule has 1 unspecified atom stereocenters. The molecule has 0 radical (unpaired) electrons. The van der Waals surface area contributed by atoms with Gasteiger partial charge >= 0.3 is 0 Å². The maximum absolute atomic E-state index is 12.8. The summed E-state index contributed by atoms with van der Waals surface area (Å²) in [5, 5.41) is 13.8. The smallest absolute Gasteiger partial charge is 0.268 e. The predicted molar refractivity (Wildman–Crippen MR) is 224 cm³/mol. The first kappa shape index (κ1) is 51.2. The van der Waals surface area contributed by atoms with Crippen molar-refractivity contribution in [1.29, 1.82) is 0 Å². The van der Waals surface area contributed by atoms with Crippen molar-refractivity contribution >= 4 is 13.7 Å². The minimum absolute atomic E-state index is 0.00632. The summed E-state index contributed by atoms with van der Waals surface area (Å²) < 4.78 is 23.1. The van der Waals surface area contributed by atoms with Gasteiger partial charge in [-0.3, -0.25) is 9.36 Å². The molecule has 0 spiro atoms. The topological polar surface area (TPSA) is 108 Å². The molecule has 53 heavy (non-hydrogen) atoms. The number of unbranched alkanes of at least 4 members (excludes halogenated alkanes) is 14. The summed E-state index contributed by atoms with van der Waals surface area (Å²) in [6, 6.07) is -0.846. The van der Waals surface area contributed by atoms with Gasteiger partial charge in [0.25, 0.3) is 7.82 Å². The van der Waals surface area contributed by atoms with Crippen LogP contribution in [0.3, 0.4) is 0 Å². The zero-order valence-corrected chi connectivity index (χ0v) is 35.6. The normalized spacial score (nSPS) is 15.1. The highest BCUT2D eigenvalue weighted by Crippen LogP contribution is 2.38. The van der Waals surface area contributed by atoms with Crippen molar-refractivity contribution < 1.29 is 32.9 Å². The number of allylic oxidation sites excluding steroid dienone is 10. The number of amides is 1. The molecule has 0 aliphatic heterocycles. The van der Waals surface area contributed by atoms with Crippen LogP contribution in [0, 0.1) is 0 Å². The van der Waals surface area contributed by atoms with Gasteiger partial charge in [0.15, 0.2) is 0 Å². The van der Waals surface area contributed by atoms with Crippen LogP contribution in [0.15, 0.2) is 60.8 Å². The number of aliphatic hydroxyl groups excluding tert-OH is 1. The Morgan fingerprint density at radius 1 is 0.660 bits per heavy atom. The molecule has 0 rings (SSSR count). The number of nitrogens with zero attached hydrogens (tertiary/aromatic N) is 1. The van der Waals surface area contributed by atoms with Crippen molar-refractivity contribution in [3.05, 3.63) is 60.8 Å². The van der Waals surface area contributed by atoms with Crippen molar-refractivity contribution in [2.75, 3.05) is 40.9 Å². The molecule has 0 aromatic rings. The fourth-order valence-corrected chi connectivity index (χ4v) is 6.28. The van der Waals surface area contributed by atoms with Crippen LogP contribution in [0.1, 0.15) is 162 Å². The molecule has 0 fully saturated rings. The molecule has 0 heterocycles. The molecule has 9 heteroatoms. The van der Waals surface area contributed by atoms with E-state index in [1.165, 1.54) is 77.0 Å². The third kappa shape index (κ3) is 38.3. The monoisotopic (exact) mass is 765 g/mol. The lowest BCUT2D eigenvalue weighted by Crippen LogP contribution is -2.46. The van der Waals surface area contributed by atoms with Crippen LogP contribution in [0.2, 0.25) is 0 Å². The van der Waals surface area contributed by atoms with E-state index in [1.807, 2.05) is 21.1 Å². The van der Waals surface area contributed by atoms with E-state index in [4.69, 9.17) is 9.05 Å². The van der Waals surface area contributed by atoms with E-state index in [9.17, 15) is 19.4 Å². The van der Waals surface area contributed by atoms with Crippen molar-refractivity contribution in [2.24, 2.45) is 0 Å². The first-order valence-electron chi connectivity index (χ1n) is 21.1. The first-order valence-corrected chi connectivity index (χ1v) is 22.6. The second-order valence-corrected chi connectivity index (χ2v) is 16.7. The number of carbonyl (C=O) groups excluding carboxylic acids is 1. The molecule has 0 aliphatic carbocycles. The summed E-state index contributed by atoms with van der Waals surface area (Å²) in [4.78, 5) is 25.2. The molecular weight excluding hydrogens is 683 g/mol. The van der Waals surface area contributed by atoms with E-state index in [2.05, 4.69) is 79.9 Å². The van der Waals surface area contributed by atoms with Crippen LogP contribution < -0.4 is 10.2 Å². The largest absolute Gasteiger partial charge is 0.756 e. The SMILES string of the molecule is CCCCCC/C=C/CCCC[C@@H](O)[C@H](COP(=O)([O-])OCC[N+](C)(C)C)NC(=O)CCC/C=C/C/C=C/C/C=C/C/C=C/CCCCCCCCC. The molecule has 2 N–H and O–H groups in total. The van der Waals surface area contributed by atoms with Crippen LogP contribution >= 0.6 is 7.82 Å². The summed E-state index contributed by atoms with van der Waals surface area (Å²) >= 11 is 0. The average Bonchev–Trinajstić information content (AvgIpc) is 3.10. The van der Waals surface area contributed by atoms with Gasteiger partial charge < -0.3 is 28.8 Å². The zero-order valence-electron chi connectivity index (χ0n) is 34.7. The van der Waals surface area contributed by atoms with E-state index in [0.717, 1.165) is 51.4 Å². The molecule has 0 bridgehead atoms. The summed E-state index contributed by atoms with van der Waals surface area (Å²) in [6.07, 6.45) is 45.3. The molecule has 0 aromatic carbocycles. The molecule has 0 saturated heterocycles. The fourth-order valence-electron chi connectivity index (χ4n) is 5.55. The van der Waals surface area contributed by atoms with Crippen LogP contribution in [-0.4, -0.2) is 68.5 Å². The number of phosphoric acid groups is 1. The quantitative estimate of drug-likeness (QED) is 0.0282. The van der Waals surface area contributed by atoms with Crippen molar-refractivity contribution in [3.8, 4) is 0 Å². The third-order valence-electron chi connectivity index (χ3n) is 8.98. The van der Waals surface area contributed by atoms with E-state index >= 15 is 0 Å². The molecule has 8 nitrogen and oxygen atoms in total. The van der Waals surface area contributed by atoms with Gasteiger partial charge in [-0.1, -0.05) is 139 Å². The van der Waals surface area contributed by atoms with Crippen molar-refractivity contribution in [3.63, 3.8) is 0 Å². The van der Waals surface area contributed by atoms with Gasteiger partial charge in [0.1, 0.15) is 13.2 Å². The summed E-state index contributed by atoms with van der Waals surface area (Å²) in [7, 11) is 1.24. The summed E-state index contributed by atoms with van der Waals surface area (Å²) in [5.74, 6) is -0.233. The minimum atomic E-state index is -4.58. The van der Waals surface area contributed by atoms with Gasteiger partial charge in [-0.05, 0) is 77.0 Å². The summed E-state index contributed by atoms with van der Waals surface area (Å²) in [6.45, 7) is 4.59. The Balaban J connectivity index is 4.48. The minimum Gasteiger partial charge on any atom is -0.756 e. The molecule has 0 aliphatic rings. The zero-order chi connectivity index (χ0) is 39.3. The maximum Gasteiger partial charge on any atom is 0.268 e. The van der Waals surface area contributed by atoms with E-state index in [1.54, 1.807) is 0 Å². The Morgan fingerprint density at radius 3 is 1.62 bits per heavy atom. The number of quaternary nitrogens is 1. The second kappa shape index (κ2) is 35.9. The summed E-state index contributed by atoms with van der Waals surface area (Å²) in [5.41, 5.74) is 0. The number of hydrogen-bond donors (Lipinski definition) is 2. The lowest BCUT2D eigenvalue weighted by atomic mass is 10.0. The number of nitrogens with one attached hydrogen (secondary N) is 1. The predicted octanol–water partition coefficient (Wildman–Crippen LogP) is 10.8. The van der Waals surface area contributed by atoms with E-state index in [-0.39, 0.29) is 25.5 Å². The molecular formula is C44H81N2O6P. The van der Waals surface area contributed by atoms with Gasteiger partial charge in [0.2, 0.25) is 5.91 Å². The number of hydrogen-bond acceptors (Lipinski definition) is 6. The molecule has 3 atom stereocenters. The highest BCUT2D eigenvalue weighted by atomic mass is 31.2. The highest BCUT2D eigenvalue weighted by molar-refractivity contribution is 7.45. The van der Waals surface area contributed by atoms with Gasteiger partial charge in [0.05, 0.1) is 39.9 Å². The standard InChI is InChI=1S/C44H81N2O6P/c1-6-8-10-12-14-16-18-19-20-21-22-23-24-25-26-27-28-30-32-34-36-38-44(48)45-42(41-52-53(49,50)51-40-39-46(3,4)5)43(47)37-35-33-31-29-17-15-13-11-9-7-2/h17,20-21,23-24,26-27,29-30,32,42-43,47H,6-16,18-19,22,25,28,31,33-41H2,1-5H3,(H-,45,48,49,50)/b21-20+,24-23+,27-26+,29-17+,32-30+/t42-,43+/m0/s1. The lowest BCUT2D eigenvalue weighted by molar-refractivity contribution is -0.870. The Morgan fingerprint density at radius 2 is 1.09 bits per heavy atom. The second-order valence-electron chi connectivity index (χ2n) is 15.3. The van der Waals surface area contributed by atoms with Gasteiger partial charge in [-0.2, -0.15) is 0 Å². The van der Waals surface area contributed by atoms with Gasteiger partial charge in [-0.25, -0.2) is 0 Å². The number of carbonyl (C=O) groups is 1. The Hall–Kier alpha value is -1.80. The van der Waals surface area contributed by atoms with E-state index < -0.39 is 20.0 Å². The first-order chi connectivity index (χ1) is 25.5. The van der Waals surface area contributed by atoms with Crippen molar-refractivity contribution in [2.45, 2.75) is 174 Å².